The van der Waals surface area contributed by atoms with Crippen LogP contribution in [0.15, 0.2) is 48.8 Å². The molecule has 3 aromatic rings. The molecule has 2 atom stereocenters. The summed E-state index contributed by atoms with van der Waals surface area (Å²) in [7, 11) is 0. The molecule has 1 saturated carbocycles. The molecule has 2 heterocycles. The molecule has 5 heteroatoms. The van der Waals surface area contributed by atoms with Crippen molar-refractivity contribution < 1.29 is 5.11 Å². The van der Waals surface area contributed by atoms with Gasteiger partial charge in [-0.3, -0.25) is 4.98 Å². The second kappa shape index (κ2) is 7.15. The Morgan fingerprint density at radius 2 is 1.92 bits per heavy atom. The normalized spacial score (nSPS) is 20.5. The van der Waals surface area contributed by atoms with Gasteiger partial charge in [-0.25, -0.2) is 9.97 Å². The number of anilines is 1. The zero-order valence-corrected chi connectivity index (χ0v) is 14.1. The van der Waals surface area contributed by atoms with Crippen molar-refractivity contribution >= 4 is 16.7 Å². The van der Waals surface area contributed by atoms with Crippen LogP contribution in [-0.4, -0.2) is 32.7 Å². The summed E-state index contributed by atoms with van der Waals surface area (Å²) in [6.07, 6.45) is 7.58. The highest BCUT2D eigenvalue weighted by atomic mass is 16.3. The number of aliphatic hydroxyl groups excluding tert-OH is 1. The first-order chi connectivity index (χ1) is 12.3. The molecule has 0 saturated heterocycles. The van der Waals surface area contributed by atoms with E-state index in [-0.39, 0.29) is 12.0 Å². The van der Waals surface area contributed by atoms with Gasteiger partial charge in [-0.15, -0.1) is 0 Å². The minimum absolute atomic E-state index is 0.216. The fraction of sp³-hybridized carbons (Fsp3) is 0.350. The van der Waals surface area contributed by atoms with Crippen molar-refractivity contribution in [3.8, 4) is 11.4 Å². The van der Waals surface area contributed by atoms with Crippen LogP contribution >= 0.6 is 0 Å². The smallest absolute Gasteiger partial charge is 0.163 e. The zero-order valence-electron chi connectivity index (χ0n) is 14.1. The third kappa shape index (κ3) is 3.46. The molecule has 0 aliphatic heterocycles. The summed E-state index contributed by atoms with van der Waals surface area (Å²) < 4.78 is 0. The summed E-state index contributed by atoms with van der Waals surface area (Å²) in [6, 6.07) is 11.9. The van der Waals surface area contributed by atoms with E-state index < -0.39 is 0 Å². The van der Waals surface area contributed by atoms with Gasteiger partial charge in [-0.1, -0.05) is 25.0 Å². The molecule has 4 rings (SSSR count). The van der Waals surface area contributed by atoms with E-state index >= 15 is 0 Å². The topological polar surface area (TPSA) is 70.9 Å². The molecule has 0 spiro atoms. The Bertz CT molecular complexity index is 853. The monoisotopic (exact) mass is 334 g/mol. The minimum atomic E-state index is -0.216. The molecule has 5 nitrogen and oxygen atoms in total. The number of para-hydroxylation sites is 1. The maximum atomic E-state index is 10.2. The molecular weight excluding hydrogens is 312 g/mol. The second-order valence-electron chi connectivity index (χ2n) is 6.65. The van der Waals surface area contributed by atoms with Gasteiger partial charge in [0.2, 0.25) is 0 Å². The summed E-state index contributed by atoms with van der Waals surface area (Å²) in [5.74, 6) is 1.77. The summed E-state index contributed by atoms with van der Waals surface area (Å²) in [5, 5.41) is 14.7. The largest absolute Gasteiger partial charge is 0.393 e. The van der Waals surface area contributed by atoms with E-state index in [0.29, 0.717) is 5.82 Å². The summed E-state index contributed by atoms with van der Waals surface area (Å²) >= 11 is 0. The van der Waals surface area contributed by atoms with Crippen LogP contribution in [0.4, 0.5) is 5.82 Å². The van der Waals surface area contributed by atoms with Gasteiger partial charge in [0.1, 0.15) is 5.82 Å². The van der Waals surface area contributed by atoms with Gasteiger partial charge in [-0.2, -0.15) is 0 Å². The second-order valence-corrected chi connectivity index (χ2v) is 6.65. The number of nitrogens with one attached hydrogen (secondary N) is 1. The first-order valence-corrected chi connectivity index (χ1v) is 8.90. The maximum absolute atomic E-state index is 10.2. The molecule has 0 amide bonds. The van der Waals surface area contributed by atoms with Crippen LogP contribution in [0.2, 0.25) is 0 Å². The van der Waals surface area contributed by atoms with Crippen molar-refractivity contribution in [1.29, 1.82) is 0 Å². The average molecular weight is 334 g/mol. The van der Waals surface area contributed by atoms with Crippen molar-refractivity contribution in [2.45, 2.75) is 31.8 Å². The number of aliphatic hydroxyl groups is 1. The lowest BCUT2D eigenvalue weighted by atomic mass is 9.86. The van der Waals surface area contributed by atoms with Crippen molar-refractivity contribution in [2.75, 3.05) is 11.9 Å². The number of rotatable bonds is 4. The standard InChI is InChI=1S/C20H22N4O/c25-18-10-4-1-6-14(18)13-22-20-16-8-2-3-9-17(16)23-19(24-20)15-7-5-11-21-12-15/h2-3,5,7-9,11-12,14,18,25H,1,4,6,10,13H2,(H,22,23,24)/t14?,18-/m1/s1. The number of fused-ring (bicyclic) bond motifs is 1. The van der Waals surface area contributed by atoms with Crippen LogP contribution < -0.4 is 5.32 Å². The van der Waals surface area contributed by atoms with Crippen molar-refractivity contribution in [1.82, 2.24) is 15.0 Å². The molecule has 128 valence electrons. The number of hydrogen-bond donors (Lipinski definition) is 2. The molecule has 0 bridgehead atoms. The number of benzene rings is 1. The van der Waals surface area contributed by atoms with E-state index in [2.05, 4.69) is 15.3 Å². The van der Waals surface area contributed by atoms with E-state index in [4.69, 9.17) is 4.98 Å². The first kappa shape index (κ1) is 16.0. The Labute approximate surface area is 147 Å². The zero-order chi connectivity index (χ0) is 17.1. The molecule has 1 unspecified atom stereocenters. The van der Waals surface area contributed by atoms with Gasteiger partial charge < -0.3 is 10.4 Å². The van der Waals surface area contributed by atoms with E-state index in [1.54, 1.807) is 12.4 Å². The third-order valence-electron chi connectivity index (χ3n) is 4.92. The van der Waals surface area contributed by atoms with E-state index in [1.807, 2.05) is 36.4 Å². The Hall–Kier alpha value is -2.53. The van der Waals surface area contributed by atoms with Gasteiger partial charge in [0, 0.05) is 35.8 Å². The molecule has 2 aromatic heterocycles. The van der Waals surface area contributed by atoms with Crippen LogP contribution in [0.5, 0.6) is 0 Å². The average Bonchev–Trinajstić information content (AvgIpc) is 2.67. The summed E-state index contributed by atoms with van der Waals surface area (Å²) in [4.78, 5) is 13.6. The molecule has 1 fully saturated rings. The van der Waals surface area contributed by atoms with E-state index in [9.17, 15) is 5.11 Å². The fourth-order valence-electron chi connectivity index (χ4n) is 3.49. The molecule has 0 radical (unpaired) electrons. The van der Waals surface area contributed by atoms with Gasteiger partial charge in [-0.05, 0) is 37.1 Å². The Balaban J connectivity index is 1.66. The highest BCUT2D eigenvalue weighted by Gasteiger charge is 2.23. The number of aromatic nitrogens is 3. The predicted octanol–water partition coefficient (Wildman–Crippen LogP) is 3.65. The van der Waals surface area contributed by atoms with Crippen LogP contribution in [0.25, 0.3) is 22.3 Å². The van der Waals surface area contributed by atoms with Crippen molar-refractivity contribution in [3.05, 3.63) is 48.8 Å². The molecule has 1 aliphatic rings. The SMILES string of the molecule is O[C@@H]1CCCCC1CNc1nc(-c2cccnc2)nc2ccccc12. The fourth-order valence-corrected chi connectivity index (χ4v) is 3.49. The highest BCUT2D eigenvalue weighted by Crippen LogP contribution is 2.27. The van der Waals surface area contributed by atoms with Gasteiger partial charge in [0.15, 0.2) is 5.82 Å². The van der Waals surface area contributed by atoms with Gasteiger partial charge >= 0.3 is 0 Å². The molecular formula is C20H22N4O. The number of pyridine rings is 1. The van der Waals surface area contributed by atoms with Crippen LogP contribution in [0.3, 0.4) is 0 Å². The lowest BCUT2D eigenvalue weighted by molar-refractivity contribution is 0.0763. The quantitative estimate of drug-likeness (QED) is 0.762. The van der Waals surface area contributed by atoms with Crippen LogP contribution in [-0.2, 0) is 0 Å². The first-order valence-electron chi connectivity index (χ1n) is 8.90. The summed E-state index contributed by atoms with van der Waals surface area (Å²) in [5.41, 5.74) is 1.80. The van der Waals surface area contributed by atoms with Gasteiger partial charge in [0.25, 0.3) is 0 Å². The lowest BCUT2D eigenvalue weighted by Crippen LogP contribution is -2.30. The van der Waals surface area contributed by atoms with Crippen molar-refractivity contribution in [3.63, 3.8) is 0 Å². The van der Waals surface area contributed by atoms with Gasteiger partial charge in [0.05, 0.1) is 11.6 Å². The third-order valence-corrected chi connectivity index (χ3v) is 4.92. The van der Waals surface area contributed by atoms with Crippen molar-refractivity contribution in [2.24, 2.45) is 5.92 Å². The molecule has 1 aliphatic carbocycles. The van der Waals surface area contributed by atoms with Crippen LogP contribution in [0, 0.1) is 5.92 Å². The summed E-state index contributed by atoms with van der Waals surface area (Å²) in [6.45, 7) is 0.731. The van der Waals surface area contributed by atoms with E-state index in [0.717, 1.165) is 48.1 Å². The lowest BCUT2D eigenvalue weighted by Gasteiger charge is -2.28. The molecule has 25 heavy (non-hydrogen) atoms. The molecule has 2 N–H and O–H groups in total. The maximum Gasteiger partial charge on any atom is 0.163 e. The number of nitrogens with zero attached hydrogens (tertiary/aromatic N) is 3. The molecule has 1 aromatic carbocycles. The highest BCUT2D eigenvalue weighted by molar-refractivity contribution is 5.90. The minimum Gasteiger partial charge on any atom is -0.393 e. The van der Waals surface area contributed by atoms with Crippen LogP contribution in [0.1, 0.15) is 25.7 Å². The Morgan fingerprint density at radius 1 is 1.04 bits per heavy atom. The Morgan fingerprint density at radius 3 is 2.76 bits per heavy atom. The Kier molecular flexibility index (Phi) is 4.57. The predicted molar refractivity (Wildman–Crippen MR) is 99.2 cm³/mol. The van der Waals surface area contributed by atoms with E-state index in [1.165, 1.54) is 6.42 Å². The number of hydrogen-bond acceptors (Lipinski definition) is 5.